The molecule has 1 aromatic rings. The molecular formula is C14H19NOS. The van der Waals surface area contributed by atoms with Crippen molar-refractivity contribution in [1.82, 2.24) is 5.32 Å². The number of benzene rings is 1. The van der Waals surface area contributed by atoms with Crippen LogP contribution in [0.5, 0.6) is 0 Å². The van der Waals surface area contributed by atoms with Crippen LogP contribution in [0, 0.1) is 0 Å². The molecule has 0 unspecified atom stereocenters. The zero-order valence-electron chi connectivity index (χ0n) is 10.4. The summed E-state index contributed by atoms with van der Waals surface area (Å²) in [6.45, 7) is 4.58. The summed E-state index contributed by atoms with van der Waals surface area (Å²) < 4.78 is 0. The smallest absolute Gasteiger partial charge is 0.243 e. The number of carbonyl (C=O) groups excluding carboxylic acids is 1. The number of carbonyl (C=O) groups is 1. The molecule has 17 heavy (non-hydrogen) atoms. The first-order chi connectivity index (χ1) is 8.18. The second kappa shape index (κ2) is 7.96. The van der Waals surface area contributed by atoms with Crippen molar-refractivity contribution in [2.24, 2.45) is 0 Å². The molecule has 1 N–H and O–H groups in total. The van der Waals surface area contributed by atoms with Gasteiger partial charge in [-0.2, -0.15) is 0 Å². The molecule has 3 heteroatoms. The average Bonchev–Trinajstić information content (AvgIpc) is 2.29. The van der Waals surface area contributed by atoms with E-state index in [1.165, 1.54) is 4.90 Å². The Morgan fingerprint density at radius 3 is 2.65 bits per heavy atom. The number of hydrogen-bond acceptors (Lipinski definition) is 2. The van der Waals surface area contributed by atoms with Crippen molar-refractivity contribution < 1.29 is 4.79 Å². The largest absolute Gasteiger partial charge is 0.353 e. The monoisotopic (exact) mass is 249 g/mol. The highest BCUT2D eigenvalue weighted by Gasteiger charge is 1.96. The molecule has 0 bridgehead atoms. The van der Waals surface area contributed by atoms with Gasteiger partial charge in [0.15, 0.2) is 0 Å². The lowest BCUT2D eigenvalue weighted by atomic mass is 10.3. The van der Waals surface area contributed by atoms with Gasteiger partial charge in [-0.05, 0) is 38.2 Å². The number of thioether (sulfide) groups is 1. The van der Waals surface area contributed by atoms with Gasteiger partial charge in [-0.3, -0.25) is 4.79 Å². The standard InChI is InChI=1S/C14H19NOS/c1-12(2)11-14(16)15-9-6-10-17-13-7-4-3-5-8-13/h3-5,7-8,11H,6,9-10H2,1-2H3,(H,15,16). The van der Waals surface area contributed by atoms with E-state index in [1.807, 2.05) is 43.8 Å². The fourth-order valence-corrected chi connectivity index (χ4v) is 2.18. The lowest BCUT2D eigenvalue weighted by Crippen LogP contribution is -2.22. The van der Waals surface area contributed by atoms with Crippen molar-refractivity contribution in [1.29, 1.82) is 0 Å². The summed E-state index contributed by atoms with van der Waals surface area (Å²) in [6, 6.07) is 10.3. The molecule has 0 aliphatic rings. The van der Waals surface area contributed by atoms with E-state index in [9.17, 15) is 4.79 Å². The fourth-order valence-electron chi connectivity index (χ4n) is 1.30. The first-order valence-corrected chi connectivity index (χ1v) is 6.77. The third-order valence-electron chi connectivity index (χ3n) is 2.05. The Bertz CT molecular complexity index is 369. The van der Waals surface area contributed by atoms with Crippen molar-refractivity contribution in [2.45, 2.75) is 25.2 Å². The first-order valence-electron chi connectivity index (χ1n) is 5.79. The highest BCUT2D eigenvalue weighted by Crippen LogP contribution is 2.17. The van der Waals surface area contributed by atoms with Gasteiger partial charge in [-0.15, -0.1) is 11.8 Å². The molecule has 0 heterocycles. The second-order valence-electron chi connectivity index (χ2n) is 4.03. The number of nitrogens with one attached hydrogen (secondary N) is 1. The summed E-state index contributed by atoms with van der Waals surface area (Å²) in [6.07, 6.45) is 2.62. The van der Waals surface area contributed by atoms with Crippen LogP contribution in [0.4, 0.5) is 0 Å². The molecule has 2 nitrogen and oxygen atoms in total. The van der Waals surface area contributed by atoms with Gasteiger partial charge in [0.1, 0.15) is 0 Å². The Hall–Kier alpha value is -1.22. The quantitative estimate of drug-likeness (QED) is 0.476. The van der Waals surface area contributed by atoms with Gasteiger partial charge in [0.2, 0.25) is 5.91 Å². The Kier molecular flexibility index (Phi) is 6.48. The van der Waals surface area contributed by atoms with Gasteiger partial charge in [0.25, 0.3) is 0 Å². The van der Waals surface area contributed by atoms with Gasteiger partial charge < -0.3 is 5.32 Å². The molecule has 0 atom stereocenters. The van der Waals surface area contributed by atoms with Gasteiger partial charge in [-0.1, -0.05) is 23.8 Å². The molecule has 1 amide bonds. The normalized spacial score (nSPS) is 9.76. The molecule has 0 saturated heterocycles. The van der Waals surface area contributed by atoms with Gasteiger partial charge in [-0.25, -0.2) is 0 Å². The van der Waals surface area contributed by atoms with E-state index in [4.69, 9.17) is 0 Å². The summed E-state index contributed by atoms with van der Waals surface area (Å²) in [4.78, 5) is 12.6. The Labute approximate surface area is 107 Å². The Balaban J connectivity index is 2.09. The second-order valence-corrected chi connectivity index (χ2v) is 5.20. The lowest BCUT2D eigenvalue weighted by molar-refractivity contribution is -0.116. The van der Waals surface area contributed by atoms with Crippen LogP contribution in [-0.4, -0.2) is 18.2 Å². The maximum Gasteiger partial charge on any atom is 0.243 e. The summed E-state index contributed by atoms with van der Waals surface area (Å²) in [5, 5.41) is 2.87. The Morgan fingerprint density at radius 1 is 1.29 bits per heavy atom. The van der Waals surface area contributed by atoms with Crippen molar-refractivity contribution >= 4 is 17.7 Å². The fraction of sp³-hybridized carbons (Fsp3) is 0.357. The molecular weight excluding hydrogens is 230 g/mol. The molecule has 0 aliphatic carbocycles. The molecule has 92 valence electrons. The molecule has 0 aliphatic heterocycles. The van der Waals surface area contributed by atoms with Crippen molar-refractivity contribution in [3.05, 3.63) is 42.0 Å². The minimum absolute atomic E-state index is 0.00899. The van der Waals surface area contributed by atoms with E-state index in [0.717, 1.165) is 24.3 Å². The number of allylic oxidation sites excluding steroid dienone is 1. The van der Waals surface area contributed by atoms with Crippen LogP contribution in [-0.2, 0) is 4.79 Å². The van der Waals surface area contributed by atoms with E-state index in [2.05, 4.69) is 17.4 Å². The van der Waals surface area contributed by atoms with Crippen LogP contribution in [0.3, 0.4) is 0 Å². The first kappa shape index (κ1) is 13.8. The number of hydrogen-bond donors (Lipinski definition) is 1. The minimum atomic E-state index is 0.00899. The topological polar surface area (TPSA) is 29.1 Å². The zero-order chi connectivity index (χ0) is 12.5. The van der Waals surface area contributed by atoms with E-state index in [0.29, 0.717) is 0 Å². The summed E-state index contributed by atoms with van der Waals surface area (Å²) in [7, 11) is 0. The highest BCUT2D eigenvalue weighted by molar-refractivity contribution is 7.99. The van der Waals surface area contributed by atoms with Crippen LogP contribution in [0.15, 0.2) is 46.9 Å². The lowest BCUT2D eigenvalue weighted by Gasteiger charge is -2.03. The average molecular weight is 249 g/mol. The maximum absolute atomic E-state index is 11.3. The third kappa shape index (κ3) is 6.84. The van der Waals surface area contributed by atoms with E-state index in [1.54, 1.807) is 6.08 Å². The predicted octanol–water partition coefficient (Wildman–Crippen LogP) is 3.25. The summed E-state index contributed by atoms with van der Waals surface area (Å²) in [5.41, 5.74) is 1.03. The number of rotatable bonds is 6. The molecule has 0 saturated carbocycles. The van der Waals surface area contributed by atoms with Crippen molar-refractivity contribution in [3.63, 3.8) is 0 Å². The highest BCUT2D eigenvalue weighted by atomic mass is 32.2. The van der Waals surface area contributed by atoms with Crippen LogP contribution in [0.2, 0.25) is 0 Å². The van der Waals surface area contributed by atoms with Gasteiger partial charge in [0.05, 0.1) is 0 Å². The van der Waals surface area contributed by atoms with Gasteiger partial charge in [0, 0.05) is 17.5 Å². The van der Waals surface area contributed by atoms with Gasteiger partial charge >= 0.3 is 0 Å². The van der Waals surface area contributed by atoms with E-state index >= 15 is 0 Å². The van der Waals surface area contributed by atoms with Crippen molar-refractivity contribution in [3.8, 4) is 0 Å². The van der Waals surface area contributed by atoms with Crippen LogP contribution < -0.4 is 5.32 Å². The number of amides is 1. The molecule has 1 aromatic carbocycles. The van der Waals surface area contributed by atoms with E-state index < -0.39 is 0 Å². The molecule has 0 radical (unpaired) electrons. The van der Waals surface area contributed by atoms with E-state index in [-0.39, 0.29) is 5.91 Å². The molecule has 0 aromatic heterocycles. The minimum Gasteiger partial charge on any atom is -0.353 e. The summed E-state index contributed by atoms with van der Waals surface area (Å²) in [5.74, 6) is 1.04. The zero-order valence-corrected chi connectivity index (χ0v) is 11.2. The molecule has 1 rings (SSSR count). The van der Waals surface area contributed by atoms with Crippen LogP contribution >= 0.6 is 11.8 Å². The van der Waals surface area contributed by atoms with Crippen LogP contribution in [0.1, 0.15) is 20.3 Å². The van der Waals surface area contributed by atoms with Crippen molar-refractivity contribution in [2.75, 3.05) is 12.3 Å². The molecule has 0 spiro atoms. The Morgan fingerprint density at radius 2 is 2.00 bits per heavy atom. The SMILES string of the molecule is CC(C)=CC(=O)NCCCSc1ccccc1. The summed E-state index contributed by atoms with van der Waals surface area (Å²) >= 11 is 1.82. The third-order valence-corrected chi connectivity index (χ3v) is 3.15. The molecule has 0 fully saturated rings. The predicted molar refractivity (Wildman–Crippen MR) is 74.2 cm³/mol. The van der Waals surface area contributed by atoms with Crippen LogP contribution in [0.25, 0.3) is 0 Å². The maximum atomic E-state index is 11.3.